The topological polar surface area (TPSA) is 111 Å². The summed E-state index contributed by atoms with van der Waals surface area (Å²) in [6.07, 6.45) is 0. The lowest BCUT2D eigenvalue weighted by Crippen LogP contribution is -2.18. The van der Waals surface area contributed by atoms with E-state index < -0.39 is 20.0 Å². The van der Waals surface area contributed by atoms with Crippen molar-refractivity contribution in [3.8, 4) is 11.5 Å². The lowest BCUT2D eigenvalue weighted by molar-refractivity contribution is 0.171. The normalized spacial score (nSPS) is 13.4. The summed E-state index contributed by atoms with van der Waals surface area (Å²) in [4.78, 5) is -0.108. The zero-order valence-electron chi connectivity index (χ0n) is 16.8. The Kier molecular flexibility index (Phi) is 5.93. The van der Waals surface area contributed by atoms with Gasteiger partial charge in [-0.2, -0.15) is 0 Å². The van der Waals surface area contributed by atoms with Gasteiger partial charge >= 0.3 is 0 Å². The summed E-state index contributed by atoms with van der Waals surface area (Å²) in [5, 5.41) is 0.378. The Morgan fingerprint density at radius 3 is 2.22 bits per heavy atom. The number of halogens is 1. The van der Waals surface area contributed by atoms with E-state index >= 15 is 0 Å². The van der Waals surface area contributed by atoms with E-state index in [1.54, 1.807) is 25.1 Å². The molecule has 0 fully saturated rings. The van der Waals surface area contributed by atoms with Gasteiger partial charge in [0.1, 0.15) is 13.2 Å². The van der Waals surface area contributed by atoms with Crippen molar-refractivity contribution in [2.75, 3.05) is 22.7 Å². The van der Waals surface area contributed by atoms with Crippen molar-refractivity contribution in [2.45, 2.75) is 16.7 Å². The van der Waals surface area contributed by atoms with Crippen LogP contribution in [0, 0.1) is 6.92 Å². The molecule has 0 atom stereocenters. The number of sulfonamides is 2. The first-order chi connectivity index (χ1) is 15.1. The fraction of sp³-hybridized carbons (Fsp3) is 0.143. The van der Waals surface area contributed by atoms with Crippen LogP contribution in [-0.4, -0.2) is 30.0 Å². The quantitative estimate of drug-likeness (QED) is 0.535. The van der Waals surface area contributed by atoms with E-state index in [9.17, 15) is 16.8 Å². The molecule has 3 aromatic carbocycles. The minimum absolute atomic E-state index is 0.0382. The van der Waals surface area contributed by atoms with Gasteiger partial charge in [0.05, 0.1) is 21.2 Å². The van der Waals surface area contributed by atoms with Crippen molar-refractivity contribution < 1.29 is 26.3 Å². The number of hydrogen-bond donors (Lipinski definition) is 2. The van der Waals surface area contributed by atoms with Gasteiger partial charge in [-0.3, -0.25) is 9.44 Å². The molecule has 0 bridgehead atoms. The molecule has 0 amide bonds. The minimum atomic E-state index is -4.00. The summed E-state index contributed by atoms with van der Waals surface area (Å²) in [5.74, 6) is 0.794. The van der Waals surface area contributed by atoms with Crippen LogP contribution in [0.3, 0.4) is 0 Å². The Morgan fingerprint density at radius 2 is 1.47 bits per heavy atom. The largest absolute Gasteiger partial charge is 0.486 e. The third-order valence-electron chi connectivity index (χ3n) is 4.63. The standard InChI is InChI=1S/C21H19ClN2O6S2/c1-14-5-6-17(12-21(14)32(27,28)24-16-4-2-3-15(22)11-16)23-31(25,26)18-7-8-19-20(13-18)30-10-9-29-19/h2-8,11-13,23-24H,9-10H2,1H3. The molecule has 0 aromatic heterocycles. The molecule has 1 aliphatic heterocycles. The molecule has 0 saturated carbocycles. The maximum absolute atomic E-state index is 12.9. The van der Waals surface area contributed by atoms with Crippen LogP contribution in [0.4, 0.5) is 11.4 Å². The first-order valence-corrected chi connectivity index (χ1v) is 12.8. The van der Waals surface area contributed by atoms with Crippen molar-refractivity contribution in [1.82, 2.24) is 0 Å². The van der Waals surface area contributed by atoms with E-state index in [0.29, 0.717) is 41.0 Å². The van der Waals surface area contributed by atoms with Crippen LogP contribution in [0.25, 0.3) is 0 Å². The van der Waals surface area contributed by atoms with E-state index in [4.69, 9.17) is 21.1 Å². The Hall–Kier alpha value is -2.95. The van der Waals surface area contributed by atoms with Crippen LogP contribution in [-0.2, 0) is 20.0 Å². The number of benzene rings is 3. The van der Waals surface area contributed by atoms with Gasteiger partial charge in [0, 0.05) is 11.1 Å². The summed E-state index contributed by atoms with van der Waals surface area (Å²) in [6, 6.07) is 14.8. The second-order valence-corrected chi connectivity index (χ2v) is 10.8. The van der Waals surface area contributed by atoms with Crippen LogP contribution in [0.1, 0.15) is 5.56 Å². The van der Waals surface area contributed by atoms with E-state index in [2.05, 4.69) is 9.44 Å². The van der Waals surface area contributed by atoms with Crippen molar-refractivity contribution in [3.05, 3.63) is 71.2 Å². The molecule has 168 valence electrons. The molecule has 8 nitrogen and oxygen atoms in total. The lowest BCUT2D eigenvalue weighted by Gasteiger charge is -2.19. The summed E-state index contributed by atoms with van der Waals surface area (Å²) in [5.41, 5.74) is 0.831. The van der Waals surface area contributed by atoms with Crippen LogP contribution in [0.5, 0.6) is 11.5 Å². The van der Waals surface area contributed by atoms with Crippen LogP contribution in [0.2, 0.25) is 5.02 Å². The number of nitrogens with one attached hydrogen (secondary N) is 2. The number of fused-ring (bicyclic) bond motifs is 1. The third-order valence-corrected chi connectivity index (χ3v) is 7.77. The van der Waals surface area contributed by atoms with E-state index in [1.807, 2.05) is 0 Å². The second-order valence-electron chi connectivity index (χ2n) is 7.01. The number of ether oxygens (including phenoxy) is 2. The molecule has 0 aliphatic carbocycles. The molecule has 0 radical (unpaired) electrons. The van der Waals surface area contributed by atoms with Gasteiger partial charge in [-0.15, -0.1) is 0 Å². The monoisotopic (exact) mass is 494 g/mol. The maximum atomic E-state index is 12.9. The van der Waals surface area contributed by atoms with E-state index in [-0.39, 0.29) is 15.5 Å². The molecule has 3 aromatic rings. The highest BCUT2D eigenvalue weighted by Gasteiger charge is 2.22. The van der Waals surface area contributed by atoms with Gasteiger partial charge in [0.2, 0.25) is 0 Å². The van der Waals surface area contributed by atoms with Crippen molar-refractivity contribution in [3.63, 3.8) is 0 Å². The fourth-order valence-electron chi connectivity index (χ4n) is 3.12. The minimum Gasteiger partial charge on any atom is -0.486 e. The Bertz CT molecular complexity index is 1390. The van der Waals surface area contributed by atoms with Gasteiger partial charge in [-0.05, 0) is 55.0 Å². The highest BCUT2D eigenvalue weighted by Crippen LogP contribution is 2.33. The lowest BCUT2D eigenvalue weighted by atomic mass is 10.2. The zero-order chi connectivity index (χ0) is 22.9. The van der Waals surface area contributed by atoms with Crippen LogP contribution in [0.15, 0.2) is 70.5 Å². The number of rotatable bonds is 6. The van der Waals surface area contributed by atoms with Gasteiger partial charge in [0.25, 0.3) is 20.0 Å². The molecule has 4 rings (SSSR count). The van der Waals surface area contributed by atoms with Crippen molar-refractivity contribution >= 4 is 43.0 Å². The summed E-state index contributed by atoms with van der Waals surface area (Å²) in [6.45, 7) is 2.33. The molecule has 11 heteroatoms. The summed E-state index contributed by atoms with van der Waals surface area (Å²) < 4.78 is 67.3. The fourth-order valence-corrected chi connectivity index (χ4v) is 5.70. The van der Waals surface area contributed by atoms with Gasteiger partial charge in [-0.1, -0.05) is 23.7 Å². The average Bonchev–Trinajstić information content (AvgIpc) is 2.74. The molecule has 1 heterocycles. The Balaban J connectivity index is 1.62. The number of anilines is 2. The molecule has 1 aliphatic rings. The van der Waals surface area contributed by atoms with E-state index in [0.717, 1.165) is 0 Å². The molecule has 0 unspecified atom stereocenters. The molecule has 0 saturated heterocycles. The molecule has 32 heavy (non-hydrogen) atoms. The van der Waals surface area contributed by atoms with Crippen molar-refractivity contribution in [1.29, 1.82) is 0 Å². The second kappa shape index (κ2) is 8.53. The van der Waals surface area contributed by atoms with Crippen molar-refractivity contribution in [2.24, 2.45) is 0 Å². The maximum Gasteiger partial charge on any atom is 0.262 e. The third kappa shape index (κ3) is 4.77. The summed E-state index contributed by atoms with van der Waals surface area (Å²) >= 11 is 5.92. The predicted molar refractivity (Wildman–Crippen MR) is 122 cm³/mol. The molecule has 2 N–H and O–H groups in total. The Labute approximate surface area is 191 Å². The molecule has 0 spiro atoms. The highest BCUT2D eigenvalue weighted by atomic mass is 35.5. The molecular formula is C21H19ClN2O6S2. The van der Waals surface area contributed by atoms with Gasteiger partial charge in [-0.25, -0.2) is 16.8 Å². The summed E-state index contributed by atoms with van der Waals surface area (Å²) in [7, 11) is -8.00. The zero-order valence-corrected chi connectivity index (χ0v) is 19.2. The predicted octanol–water partition coefficient (Wildman–Crippen LogP) is 4.02. The Morgan fingerprint density at radius 1 is 0.781 bits per heavy atom. The smallest absolute Gasteiger partial charge is 0.262 e. The SMILES string of the molecule is Cc1ccc(NS(=O)(=O)c2ccc3c(c2)OCCO3)cc1S(=O)(=O)Nc1cccc(Cl)c1. The highest BCUT2D eigenvalue weighted by molar-refractivity contribution is 7.93. The van der Waals surface area contributed by atoms with Crippen LogP contribution < -0.4 is 18.9 Å². The number of aryl methyl sites for hydroxylation is 1. The number of hydrogen-bond acceptors (Lipinski definition) is 6. The van der Waals surface area contributed by atoms with Gasteiger partial charge in [0.15, 0.2) is 11.5 Å². The van der Waals surface area contributed by atoms with E-state index in [1.165, 1.54) is 42.5 Å². The average molecular weight is 495 g/mol. The van der Waals surface area contributed by atoms with Gasteiger partial charge < -0.3 is 9.47 Å². The first-order valence-electron chi connectivity index (χ1n) is 9.46. The van der Waals surface area contributed by atoms with Crippen LogP contribution >= 0.6 is 11.6 Å². The molecular weight excluding hydrogens is 476 g/mol. The first kappa shape index (κ1) is 22.3.